The monoisotopic (exact) mass is 226 g/mol. The first-order chi connectivity index (χ1) is 8.16. The highest BCUT2D eigenvalue weighted by atomic mass is 14.1. The predicted molar refractivity (Wildman–Crippen MR) is 76.8 cm³/mol. The van der Waals surface area contributed by atoms with E-state index in [-0.39, 0.29) is 0 Å². The van der Waals surface area contributed by atoms with Gasteiger partial charge in [-0.2, -0.15) is 0 Å². The van der Waals surface area contributed by atoms with Gasteiger partial charge in [-0.05, 0) is 66.6 Å². The zero-order chi connectivity index (χ0) is 12.4. The van der Waals surface area contributed by atoms with E-state index < -0.39 is 0 Å². The van der Waals surface area contributed by atoms with Crippen LogP contribution in [0.3, 0.4) is 0 Å². The molecule has 0 atom stereocenters. The fourth-order valence-corrected chi connectivity index (χ4v) is 2.66. The molecule has 0 spiro atoms. The summed E-state index contributed by atoms with van der Waals surface area (Å²) in [5.74, 6) is 0. The van der Waals surface area contributed by atoms with E-state index in [9.17, 15) is 0 Å². The first kappa shape index (κ1) is 12.2. The van der Waals surface area contributed by atoms with Crippen LogP contribution in [-0.2, 0) is 6.42 Å². The highest BCUT2D eigenvalue weighted by Gasteiger charge is 2.10. The van der Waals surface area contributed by atoms with Crippen molar-refractivity contribution in [3.8, 4) is 0 Å². The Hall–Kier alpha value is -1.30. The molecule has 0 N–H and O–H groups in total. The topological polar surface area (TPSA) is 0 Å². The van der Waals surface area contributed by atoms with Crippen LogP contribution < -0.4 is 0 Å². The van der Waals surface area contributed by atoms with Gasteiger partial charge >= 0.3 is 0 Å². The number of benzene rings is 2. The van der Waals surface area contributed by atoms with Gasteiger partial charge < -0.3 is 0 Å². The fourth-order valence-electron chi connectivity index (χ4n) is 2.66. The molecule has 17 heavy (non-hydrogen) atoms. The van der Waals surface area contributed by atoms with E-state index >= 15 is 0 Å². The van der Waals surface area contributed by atoms with Crippen LogP contribution in [0.4, 0.5) is 0 Å². The summed E-state index contributed by atoms with van der Waals surface area (Å²) in [5.41, 5.74) is 5.97. The fraction of sp³-hybridized carbons (Fsp3) is 0.412. The average molecular weight is 226 g/mol. The lowest BCUT2D eigenvalue weighted by atomic mass is 9.89. The molecule has 2 aromatic rings. The summed E-state index contributed by atoms with van der Waals surface area (Å²) < 4.78 is 0. The van der Waals surface area contributed by atoms with E-state index in [1.807, 2.05) is 0 Å². The summed E-state index contributed by atoms with van der Waals surface area (Å²) in [6.45, 7) is 9.04. The van der Waals surface area contributed by atoms with Gasteiger partial charge in [0.1, 0.15) is 0 Å². The average Bonchev–Trinajstić information content (AvgIpc) is 2.36. The van der Waals surface area contributed by atoms with Gasteiger partial charge in [0.15, 0.2) is 0 Å². The second kappa shape index (κ2) is 4.91. The second-order valence-electron chi connectivity index (χ2n) is 5.00. The maximum absolute atomic E-state index is 2.28. The minimum atomic E-state index is 1.21. The molecule has 2 aromatic carbocycles. The molecule has 0 radical (unpaired) electrons. The minimum absolute atomic E-state index is 1.21. The van der Waals surface area contributed by atoms with Crippen LogP contribution in [0.2, 0.25) is 0 Å². The summed E-state index contributed by atoms with van der Waals surface area (Å²) in [6, 6.07) is 8.84. The van der Waals surface area contributed by atoms with Crippen LogP contribution in [0, 0.1) is 20.8 Å². The van der Waals surface area contributed by atoms with E-state index in [4.69, 9.17) is 0 Å². The lowest BCUT2D eigenvalue weighted by Crippen LogP contribution is -1.98. The van der Waals surface area contributed by atoms with Gasteiger partial charge in [-0.1, -0.05) is 37.6 Å². The molecule has 0 aliphatic carbocycles. The van der Waals surface area contributed by atoms with Crippen LogP contribution >= 0.6 is 0 Å². The summed E-state index contributed by atoms with van der Waals surface area (Å²) in [4.78, 5) is 0. The van der Waals surface area contributed by atoms with Crippen LogP contribution in [0.1, 0.15) is 42.0 Å². The molecule has 0 saturated carbocycles. The quantitative estimate of drug-likeness (QED) is 0.682. The maximum Gasteiger partial charge on any atom is -0.0146 e. The molecule has 0 heteroatoms. The Morgan fingerprint density at radius 1 is 0.824 bits per heavy atom. The van der Waals surface area contributed by atoms with Gasteiger partial charge in [0.2, 0.25) is 0 Å². The highest BCUT2D eigenvalue weighted by Crippen LogP contribution is 2.30. The molecule has 0 amide bonds. The second-order valence-corrected chi connectivity index (χ2v) is 5.00. The van der Waals surface area contributed by atoms with Crippen molar-refractivity contribution in [1.29, 1.82) is 0 Å². The Kier molecular flexibility index (Phi) is 3.51. The van der Waals surface area contributed by atoms with Gasteiger partial charge in [0, 0.05) is 0 Å². The predicted octanol–water partition coefficient (Wildman–Crippen LogP) is 5.11. The van der Waals surface area contributed by atoms with Crippen LogP contribution in [0.15, 0.2) is 24.3 Å². The van der Waals surface area contributed by atoms with Crippen molar-refractivity contribution in [2.24, 2.45) is 0 Å². The standard InChI is InChI=1S/C17H22/c1-5-6-9-15-13(3)12(2)14(4)16-10-7-8-11-17(15)16/h7-8,10-11H,5-6,9H2,1-4H3. The number of rotatable bonds is 3. The van der Waals surface area contributed by atoms with Crippen molar-refractivity contribution < 1.29 is 0 Å². The molecule has 2 rings (SSSR count). The Morgan fingerprint density at radius 3 is 2.12 bits per heavy atom. The van der Waals surface area contributed by atoms with Gasteiger partial charge in [-0.3, -0.25) is 0 Å². The Labute approximate surface area is 105 Å². The maximum atomic E-state index is 2.28. The molecule has 0 aliphatic heterocycles. The van der Waals surface area contributed by atoms with Crippen LogP contribution in [0.25, 0.3) is 10.8 Å². The molecule has 0 heterocycles. The molecule has 0 aromatic heterocycles. The third-order valence-electron chi connectivity index (χ3n) is 4.01. The van der Waals surface area contributed by atoms with Crippen molar-refractivity contribution in [3.05, 3.63) is 46.5 Å². The summed E-state index contributed by atoms with van der Waals surface area (Å²) in [6.07, 6.45) is 3.76. The molecule has 0 aliphatic rings. The number of unbranched alkanes of at least 4 members (excludes halogenated alkanes) is 1. The van der Waals surface area contributed by atoms with Crippen LogP contribution in [0.5, 0.6) is 0 Å². The molecule has 90 valence electrons. The molecular weight excluding hydrogens is 204 g/mol. The molecule has 0 nitrogen and oxygen atoms in total. The molecule has 0 unspecified atom stereocenters. The first-order valence-corrected chi connectivity index (χ1v) is 6.64. The Balaban J connectivity index is 2.71. The third kappa shape index (κ3) is 2.09. The SMILES string of the molecule is CCCCc1c(C)c(C)c(C)c2ccccc12. The Bertz CT molecular complexity index is 535. The third-order valence-corrected chi connectivity index (χ3v) is 4.01. The van der Waals surface area contributed by atoms with Gasteiger partial charge in [0.05, 0.1) is 0 Å². The van der Waals surface area contributed by atoms with Gasteiger partial charge in [-0.25, -0.2) is 0 Å². The number of fused-ring (bicyclic) bond motifs is 1. The smallest absolute Gasteiger partial charge is 0.0146 e. The van der Waals surface area contributed by atoms with E-state index in [1.54, 1.807) is 5.56 Å². The summed E-state index contributed by atoms with van der Waals surface area (Å²) >= 11 is 0. The zero-order valence-corrected chi connectivity index (χ0v) is 11.4. The lowest BCUT2D eigenvalue weighted by molar-refractivity contribution is 0.794. The largest absolute Gasteiger partial charge is 0.0654 e. The first-order valence-electron chi connectivity index (χ1n) is 6.64. The Morgan fingerprint density at radius 2 is 1.47 bits per heavy atom. The van der Waals surface area contributed by atoms with E-state index in [0.717, 1.165) is 0 Å². The summed E-state index contributed by atoms with van der Waals surface area (Å²) in [5, 5.41) is 2.89. The van der Waals surface area contributed by atoms with Crippen molar-refractivity contribution in [2.75, 3.05) is 0 Å². The van der Waals surface area contributed by atoms with E-state index in [2.05, 4.69) is 52.0 Å². The highest BCUT2D eigenvalue weighted by molar-refractivity contribution is 5.90. The summed E-state index contributed by atoms with van der Waals surface area (Å²) in [7, 11) is 0. The molecule has 0 fully saturated rings. The lowest BCUT2D eigenvalue weighted by Gasteiger charge is -2.16. The number of hydrogen-bond donors (Lipinski definition) is 0. The van der Waals surface area contributed by atoms with Gasteiger partial charge in [0.25, 0.3) is 0 Å². The molecule has 0 saturated heterocycles. The van der Waals surface area contributed by atoms with Crippen molar-refractivity contribution in [3.63, 3.8) is 0 Å². The van der Waals surface area contributed by atoms with E-state index in [1.165, 1.54) is 46.7 Å². The zero-order valence-electron chi connectivity index (χ0n) is 11.4. The van der Waals surface area contributed by atoms with Crippen LogP contribution in [-0.4, -0.2) is 0 Å². The van der Waals surface area contributed by atoms with Gasteiger partial charge in [-0.15, -0.1) is 0 Å². The normalized spacial score (nSPS) is 11.1. The molecule has 0 bridgehead atoms. The molecular formula is C17H22. The van der Waals surface area contributed by atoms with Crippen molar-refractivity contribution in [2.45, 2.75) is 47.0 Å². The minimum Gasteiger partial charge on any atom is -0.0654 e. The van der Waals surface area contributed by atoms with Crippen molar-refractivity contribution >= 4 is 10.8 Å². The number of aryl methyl sites for hydroxylation is 2. The number of hydrogen-bond acceptors (Lipinski definition) is 0. The van der Waals surface area contributed by atoms with E-state index in [0.29, 0.717) is 0 Å². The van der Waals surface area contributed by atoms with Crippen molar-refractivity contribution in [1.82, 2.24) is 0 Å².